The Balaban J connectivity index is 2.18. The molecule has 0 N–H and O–H groups in total. The van der Waals surface area contributed by atoms with Gasteiger partial charge in [-0.15, -0.1) is 11.6 Å². The van der Waals surface area contributed by atoms with Gasteiger partial charge in [0.15, 0.2) is 11.6 Å². The Kier molecular flexibility index (Phi) is 3.25. The van der Waals surface area contributed by atoms with E-state index < -0.39 is 17.0 Å². The van der Waals surface area contributed by atoms with Crippen molar-refractivity contribution in [2.45, 2.75) is 11.8 Å². The van der Waals surface area contributed by atoms with Gasteiger partial charge < -0.3 is 4.42 Å². The predicted molar refractivity (Wildman–Crippen MR) is 57.4 cm³/mol. The summed E-state index contributed by atoms with van der Waals surface area (Å²) in [5.74, 6) is -1.69. The van der Waals surface area contributed by atoms with Gasteiger partial charge in [-0.2, -0.15) is 0 Å². The van der Waals surface area contributed by atoms with Crippen LogP contribution in [-0.4, -0.2) is 0 Å². The summed E-state index contributed by atoms with van der Waals surface area (Å²) in [6.45, 7) is 0. The molecule has 2 rings (SSSR count). The fourth-order valence-corrected chi connectivity index (χ4v) is 1.76. The number of hydrogen-bond donors (Lipinski definition) is 0. The zero-order chi connectivity index (χ0) is 11.5. The van der Waals surface area contributed by atoms with E-state index in [9.17, 15) is 8.78 Å². The van der Waals surface area contributed by atoms with E-state index >= 15 is 0 Å². The van der Waals surface area contributed by atoms with Gasteiger partial charge in [-0.05, 0) is 24.1 Å². The van der Waals surface area contributed by atoms with Crippen LogP contribution in [-0.2, 0) is 6.42 Å². The summed E-state index contributed by atoms with van der Waals surface area (Å²) >= 11 is 6.06. The molecule has 0 fully saturated rings. The highest BCUT2D eigenvalue weighted by Crippen LogP contribution is 2.26. The van der Waals surface area contributed by atoms with Crippen LogP contribution >= 0.6 is 11.6 Å². The van der Waals surface area contributed by atoms with Gasteiger partial charge in [0.1, 0.15) is 0 Å². The molecule has 0 bridgehead atoms. The lowest BCUT2D eigenvalue weighted by Crippen LogP contribution is -1.99. The highest BCUT2D eigenvalue weighted by molar-refractivity contribution is 6.20. The molecule has 16 heavy (non-hydrogen) atoms. The quantitative estimate of drug-likeness (QED) is 0.739. The standard InChI is InChI=1S/C12H9ClF2O/c13-10(9-4-5-16-7-9)6-8-2-1-3-11(14)12(8)15/h1-5,7,10H,6H2. The van der Waals surface area contributed by atoms with E-state index in [1.54, 1.807) is 6.07 Å². The van der Waals surface area contributed by atoms with Crippen molar-refractivity contribution in [3.05, 3.63) is 59.6 Å². The van der Waals surface area contributed by atoms with Gasteiger partial charge in [-0.25, -0.2) is 8.78 Å². The first-order valence-corrected chi connectivity index (χ1v) is 5.21. The molecule has 84 valence electrons. The summed E-state index contributed by atoms with van der Waals surface area (Å²) in [6, 6.07) is 5.77. The van der Waals surface area contributed by atoms with E-state index in [0.29, 0.717) is 0 Å². The third-order valence-corrected chi connectivity index (χ3v) is 2.74. The van der Waals surface area contributed by atoms with Crippen molar-refractivity contribution in [3.63, 3.8) is 0 Å². The Morgan fingerprint density at radius 3 is 2.75 bits per heavy atom. The van der Waals surface area contributed by atoms with E-state index in [0.717, 1.165) is 11.6 Å². The summed E-state index contributed by atoms with van der Waals surface area (Å²) in [6.07, 6.45) is 3.21. The highest BCUT2D eigenvalue weighted by Gasteiger charge is 2.14. The number of alkyl halides is 1. The minimum absolute atomic E-state index is 0.227. The summed E-state index contributed by atoms with van der Waals surface area (Å²) < 4.78 is 31.2. The molecule has 0 aliphatic heterocycles. The number of rotatable bonds is 3. The molecule has 0 saturated heterocycles. The first-order valence-electron chi connectivity index (χ1n) is 4.77. The van der Waals surface area contributed by atoms with Gasteiger partial charge in [0, 0.05) is 5.56 Å². The minimum atomic E-state index is -0.853. The van der Waals surface area contributed by atoms with Crippen LogP contribution in [0, 0.1) is 11.6 Å². The highest BCUT2D eigenvalue weighted by atomic mass is 35.5. The molecule has 1 atom stereocenters. The molecule has 0 spiro atoms. The van der Waals surface area contributed by atoms with Crippen LogP contribution in [0.1, 0.15) is 16.5 Å². The molecule has 1 heterocycles. The number of halogens is 3. The molecule has 1 aromatic carbocycles. The zero-order valence-corrected chi connectivity index (χ0v) is 9.05. The van der Waals surface area contributed by atoms with Crippen molar-refractivity contribution in [3.8, 4) is 0 Å². The molecule has 1 aromatic heterocycles. The Labute approximate surface area is 96.6 Å². The monoisotopic (exact) mass is 242 g/mol. The van der Waals surface area contributed by atoms with Crippen LogP contribution in [0.15, 0.2) is 41.2 Å². The van der Waals surface area contributed by atoms with Crippen molar-refractivity contribution in [1.29, 1.82) is 0 Å². The topological polar surface area (TPSA) is 13.1 Å². The fourth-order valence-electron chi connectivity index (χ4n) is 1.47. The Morgan fingerprint density at radius 2 is 2.06 bits per heavy atom. The molecule has 0 aliphatic carbocycles. The molecule has 0 aliphatic rings. The number of benzene rings is 1. The van der Waals surface area contributed by atoms with Crippen LogP contribution in [0.3, 0.4) is 0 Å². The predicted octanol–water partition coefficient (Wildman–Crippen LogP) is 4.08. The lowest BCUT2D eigenvalue weighted by Gasteiger charge is -2.08. The zero-order valence-electron chi connectivity index (χ0n) is 8.29. The maximum absolute atomic E-state index is 13.3. The molecule has 2 aromatic rings. The molecule has 1 unspecified atom stereocenters. The molecule has 0 saturated carbocycles. The van der Waals surface area contributed by atoms with Gasteiger partial charge >= 0.3 is 0 Å². The van der Waals surface area contributed by atoms with E-state index in [1.807, 2.05) is 0 Å². The van der Waals surface area contributed by atoms with E-state index in [4.69, 9.17) is 16.0 Å². The molecule has 4 heteroatoms. The van der Waals surface area contributed by atoms with E-state index in [2.05, 4.69) is 0 Å². The average molecular weight is 243 g/mol. The normalized spacial score (nSPS) is 12.7. The van der Waals surface area contributed by atoms with Gasteiger partial charge in [-0.1, -0.05) is 12.1 Å². The first kappa shape index (κ1) is 11.1. The maximum atomic E-state index is 13.3. The van der Waals surface area contributed by atoms with E-state index in [1.165, 1.54) is 24.7 Å². The van der Waals surface area contributed by atoms with Crippen LogP contribution in [0.25, 0.3) is 0 Å². The van der Waals surface area contributed by atoms with Crippen molar-refractivity contribution < 1.29 is 13.2 Å². The third kappa shape index (κ3) is 2.25. The smallest absolute Gasteiger partial charge is 0.162 e. The summed E-state index contributed by atoms with van der Waals surface area (Å²) in [4.78, 5) is 0. The van der Waals surface area contributed by atoms with Gasteiger partial charge in [0.2, 0.25) is 0 Å². The van der Waals surface area contributed by atoms with E-state index in [-0.39, 0.29) is 12.0 Å². The lowest BCUT2D eigenvalue weighted by atomic mass is 10.1. The second-order valence-electron chi connectivity index (χ2n) is 3.44. The number of furan rings is 1. The Bertz CT molecular complexity index is 468. The van der Waals surface area contributed by atoms with Crippen molar-refractivity contribution >= 4 is 11.6 Å². The molecule has 0 amide bonds. The van der Waals surface area contributed by atoms with Crippen molar-refractivity contribution in [2.24, 2.45) is 0 Å². The van der Waals surface area contributed by atoms with Crippen LogP contribution < -0.4 is 0 Å². The van der Waals surface area contributed by atoms with Gasteiger partial charge in [0.25, 0.3) is 0 Å². The molecular formula is C12H9ClF2O. The van der Waals surface area contributed by atoms with Gasteiger partial charge in [-0.3, -0.25) is 0 Å². The summed E-state index contributed by atoms with van der Waals surface area (Å²) in [5.41, 5.74) is 1.02. The van der Waals surface area contributed by atoms with Crippen molar-refractivity contribution in [1.82, 2.24) is 0 Å². The summed E-state index contributed by atoms with van der Waals surface area (Å²) in [7, 11) is 0. The largest absolute Gasteiger partial charge is 0.472 e. The second kappa shape index (κ2) is 4.66. The van der Waals surface area contributed by atoms with Gasteiger partial charge in [0.05, 0.1) is 17.9 Å². The third-order valence-electron chi connectivity index (χ3n) is 2.34. The first-order chi connectivity index (χ1) is 7.68. The lowest BCUT2D eigenvalue weighted by molar-refractivity contribution is 0.497. The molecule has 0 radical (unpaired) electrons. The fraction of sp³-hybridized carbons (Fsp3) is 0.167. The SMILES string of the molecule is Fc1cccc(CC(Cl)c2ccoc2)c1F. The molecular weight excluding hydrogens is 234 g/mol. The van der Waals surface area contributed by atoms with Crippen LogP contribution in [0.4, 0.5) is 8.78 Å². The summed E-state index contributed by atoms with van der Waals surface area (Å²) in [5, 5.41) is -0.421. The van der Waals surface area contributed by atoms with Crippen molar-refractivity contribution in [2.75, 3.05) is 0 Å². The molecule has 1 nitrogen and oxygen atoms in total. The number of hydrogen-bond acceptors (Lipinski definition) is 1. The second-order valence-corrected chi connectivity index (χ2v) is 3.97. The minimum Gasteiger partial charge on any atom is -0.472 e. The maximum Gasteiger partial charge on any atom is 0.162 e. The Morgan fingerprint density at radius 1 is 1.25 bits per heavy atom. The van der Waals surface area contributed by atoms with Crippen LogP contribution in [0.5, 0.6) is 0 Å². The Hall–Kier alpha value is -1.35. The van der Waals surface area contributed by atoms with Crippen LogP contribution in [0.2, 0.25) is 0 Å². The average Bonchev–Trinajstić information content (AvgIpc) is 2.78.